The molecule has 0 saturated heterocycles. The van der Waals surface area contributed by atoms with E-state index in [0.29, 0.717) is 5.56 Å². The van der Waals surface area contributed by atoms with E-state index in [1.807, 2.05) is 30.5 Å². The van der Waals surface area contributed by atoms with Gasteiger partial charge in [-0.05, 0) is 49.7 Å². The van der Waals surface area contributed by atoms with Crippen LogP contribution >= 0.6 is 0 Å². The molecule has 138 valence electrons. The van der Waals surface area contributed by atoms with Gasteiger partial charge in [-0.25, -0.2) is 9.82 Å². The fourth-order valence-electron chi connectivity index (χ4n) is 2.92. The number of hydrazone groups is 1. The first-order valence-electron chi connectivity index (χ1n) is 8.48. The molecule has 1 aromatic heterocycles. The Morgan fingerprint density at radius 2 is 1.81 bits per heavy atom. The van der Waals surface area contributed by atoms with E-state index < -0.39 is 12.0 Å². The Morgan fingerprint density at radius 1 is 1.15 bits per heavy atom. The van der Waals surface area contributed by atoms with Gasteiger partial charge < -0.3 is 9.67 Å². The fraction of sp³-hybridized carbons (Fsp3) is 0.143. The van der Waals surface area contributed by atoms with Crippen LogP contribution in [-0.4, -0.2) is 21.8 Å². The molecule has 3 aromatic rings. The van der Waals surface area contributed by atoms with Crippen LogP contribution < -0.4 is 5.43 Å². The van der Waals surface area contributed by atoms with Gasteiger partial charge in [0.15, 0.2) is 6.10 Å². The number of halogens is 1. The van der Waals surface area contributed by atoms with Gasteiger partial charge in [0, 0.05) is 22.6 Å². The van der Waals surface area contributed by atoms with E-state index in [1.165, 1.54) is 18.3 Å². The SMILES string of the molecule is Cc1cc(/C=N\NC(=O)[C@@H](O)c2ccccc2)c(C)n1-c1ccc(F)cc1. The van der Waals surface area contributed by atoms with Crippen LogP contribution in [0.4, 0.5) is 4.39 Å². The minimum atomic E-state index is -1.28. The second-order valence-electron chi connectivity index (χ2n) is 6.19. The average Bonchev–Trinajstić information content (AvgIpc) is 2.96. The van der Waals surface area contributed by atoms with E-state index >= 15 is 0 Å². The van der Waals surface area contributed by atoms with Gasteiger partial charge in [0.05, 0.1) is 6.21 Å². The number of carbonyl (C=O) groups is 1. The Morgan fingerprint density at radius 3 is 2.48 bits per heavy atom. The van der Waals surface area contributed by atoms with Gasteiger partial charge in [-0.15, -0.1) is 0 Å². The summed E-state index contributed by atoms with van der Waals surface area (Å²) in [5.41, 5.74) is 6.37. The van der Waals surface area contributed by atoms with Crippen molar-refractivity contribution < 1.29 is 14.3 Å². The van der Waals surface area contributed by atoms with Gasteiger partial charge in [0.25, 0.3) is 5.91 Å². The number of aromatic nitrogens is 1. The third-order valence-electron chi connectivity index (χ3n) is 4.30. The quantitative estimate of drug-likeness (QED) is 0.537. The Balaban J connectivity index is 1.73. The molecule has 6 heteroatoms. The summed E-state index contributed by atoms with van der Waals surface area (Å²) < 4.78 is 15.1. The summed E-state index contributed by atoms with van der Waals surface area (Å²) in [4.78, 5) is 12.0. The Bertz CT molecular complexity index is 963. The maximum Gasteiger partial charge on any atom is 0.273 e. The minimum absolute atomic E-state index is 0.289. The van der Waals surface area contributed by atoms with Crippen LogP contribution in [0.5, 0.6) is 0 Å². The zero-order chi connectivity index (χ0) is 19.4. The van der Waals surface area contributed by atoms with Crippen LogP contribution in [-0.2, 0) is 4.79 Å². The lowest BCUT2D eigenvalue weighted by Crippen LogP contribution is -2.25. The van der Waals surface area contributed by atoms with E-state index in [4.69, 9.17) is 0 Å². The molecule has 0 aliphatic rings. The molecule has 27 heavy (non-hydrogen) atoms. The first kappa shape index (κ1) is 18.5. The van der Waals surface area contributed by atoms with Gasteiger partial charge in [-0.3, -0.25) is 4.79 Å². The highest BCUT2D eigenvalue weighted by molar-refractivity contribution is 5.86. The van der Waals surface area contributed by atoms with Crippen molar-refractivity contribution in [2.24, 2.45) is 5.10 Å². The van der Waals surface area contributed by atoms with Crippen molar-refractivity contribution in [2.45, 2.75) is 20.0 Å². The highest BCUT2D eigenvalue weighted by Gasteiger charge is 2.16. The number of nitrogens with zero attached hydrogens (tertiary/aromatic N) is 2. The number of hydrogen-bond donors (Lipinski definition) is 2. The lowest BCUT2D eigenvalue weighted by molar-refractivity contribution is -0.129. The Kier molecular flexibility index (Phi) is 5.47. The highest BCUT2D eigenvalue weighted by atomic mass is 19.1. The molecule has 0 spiro atoms. The number of carbonyl (C=O) groups excluding carboxylic acids is 1. The van der Waals surface area contributed by atoms with Crippen LogP contribution in [0.1, 0.15) is 28.6 Å². The number of rotatable bonds is 5. The van der Waals surface area contributed by atoms with Crippen molar-refractivity contribution in [1.29, 1.82) is 0 Å². The number of benzene rings is 2. The summed E-state index contributed by atoms with van der Waals surface area (Å²) in [5, 5.41) is 14.0. The van der Waals surface area contributed by atoms with Gasteiger partial charge in [0.1, 0.15) is 5.82 Å². The summed E-state index contributed by atoms with van der Waals surface area (Å²) in [6.45, 7) is 3.85. The predicted octanol–water partition coefficient (Wildman–Crippen LogP) is 3.42. The molecule has 1 heterocycles. The van der Waals surface area contributed by atoms with Gasteiger partial charge in [-0.1, -0.05) is 30.3 Å². The van der Waals surface area contributed by atoms with E-state index in [1.54, 1.807) is 36.4 Å². The Hall–Kier alpha value is -3.25. The van der Waals surface area contributed by atoms with Crippen molar-refractivity contribution in [3.63, 3.8) is 0 Å². The molecule has 0 fully saturated rings. The van der Waals surface area contributed by atoms with E-state index in [0.717, 1.165) is 22.6 Å². The smallest absolute Gasteiger partial charge is 0.273 e. The molecule has 2 N–H and O–H groups in total. The normalized spacial score (nSPS) is 12.3. The second-order valence-corrected chi connectivity index (χ2v) is 6.19. The predicted molar refractivity (Wildman–Crippen MR) is 102 cm³/mol. The average molecular weight is 365 g/mol. The van der Waals surface area contributed by atoms with Crippen LogP contribution in [0.15, 0.2) is 65.8 Å². The van der Waals surface area contributed by atoms with Gasteiger partial charge in [0.2, 0.25) is 0 Å². The first-order valence-corrected chi connectivity index (χ1v) is 8.48. The second kappa shape index (κ2) is 7.97. The number of nitrogens with one attached hydrogen (secondary N) is 1. The van der Waals surface area contributed by atoms with E-state index in [-0.39, 0.29) is 5.82 Å². The number of aliphatic hydroxyl groups is 1. The van der Waals surface area contributed by atoms with Gasteiger partial charge in [-0.2, -0.15) is 5.10 Å². The number of hydrogen-bond acceptors (Lipinski definition) is 3. The fourth-order valence-corrected chi connectivity index (χ4v) is 2.92. The third kappa shape index (κ3) is 4.12. The standard InChI is InChI=1S/C21H20FN3O2/c1-14-12-17(15(2)25(14)19-10-8-18(22)9-11-19)13-23-24-21(27)20(26)16-6-4-3-5-7-16/h3-13,20,26H,1-2H3,(H,24,27)/b23-13-/t20-/m0/s1. The number of aryl methyl sites for hydroxylation is 1. The van der Waals surface area contributed by atoms with Crippen LogP contribution in [0.25, 0.3) is 5.69 Å². The molecular weight excluding hydrogens is 345 g/mol. The van der Waals surface area contributed by atoms with Crippen molar-refractivity contribution >= 4 is 12.1 Å². The molecule has 0 radical (unpaired) electrons. The summed E-state index contributed by atoms with van der Waals surface area (Å²) in [7, 11) is 0. The van der Waals surface area contributed by atoms with Crippen LogP contribution in [0.2, 0.25) is 0 Å². The van der Waals surface area contributed by atoms with Crippen molar-refractivity contribution in [3.05, 3.63) is 89.0 Å². The first-order chi connectivity index (χ1) is 13.0. The third-order valence-corrected chi connectivity index (χ3v) is 4.30. The molecule has 3 rings (SSSR count). The van der Waals surface area contributed by atoms with Crippen molar-refractivity contribution in [1.82, 2.24) is 9.99 Å². The maximum atomic E-state index is 13.1. The summed E-state index contributed by atoms with van der Waals surface area (Å²) in [6, 6.07) is 16.8. The minimum Gasteiger partial charge on any atom is -0.378 e. The molecule has 5 nitrogen and oxygen atoms in total. The van der Waals surface area contributed by atoms with Gasteiger partial charge >= 0.3 is 0 Å². The summed E-state index contributed by atoms with van der Waals surface area (Å²) in [6.07, 6.45) is 0.243. The molecule has 1 amide bonds. The van der Waals surface area contributed by atoms with Crippen LogP contribution in [0, 0.1) is 19.7 Å². The van der Waals surface area contributed by atoms with Crippen LogP contribution in [0.3, 0.4) is 0 Å². The van der Waals surface area contributed by atoms with E-state index in [9.17, 15) is 14.3 Å². The highest BCUT2D eigenvalue weighted by Crippen LogP contribution is 2.20. The zero-order valence-corrected chi connectivity index (χ0v) is 15.1. The monoisotopic (exact) mass is 365 g/mol. The molecule has 0 aliphatic heterocycles. The molecular formula is C21H20FN3O2. The Labute approximate surface area is 156 Å². The zero-order valence-electron chi connectivity index (χ0n) is 15.1. The summed E-state index contributed by atoms with van der Waals surface area (Å²) in [5.74, 6) is -0.896. The van der Waals surface area contributed by atoms with E-state index in [2.05, 4.69) is 10.5 Å². The molecule has 0 aliphatic carbocycles. The molecule has 2 aromatic carbocycles. The maximum absolute atomic E-state index is 13.1. The number of amides is 1. The lowest BCUT2D eigenvalue weighted by atomic mass is 10.1. The molecule has 1 atom stereocenters. The van der Waals surface area contributed by atoms with Crippen molar-refractivity contribution in [2.75, 3.05) is 0 Å². The molecule has 0 unspecified atom stereocenters. The summed E-state index contributed by atoms with van der Waals surface area (Å²) >= 11 is 0. The number of aliphatic hydroxyl groups excluding tert-OH is 1. The van der Waals surface area contributed by atoms with Crippen molar-refractivity contribution in [3.8, 4) is 5.69 Å². The molecule has 0 bridgehead atoms. The topological polar surface area (TPSA) is 66.6 Å². The largest absolute Gasteiger partial charge is 0.378 e. The molecule has 0 saturated carbocycles. The lowest BCUT2D eigenvalue weighted by Gasteiger charge is -2.09.